The highest BCUT2D eigenvalue weighted by Gasteiger charge is 2.48. The van der Waals surface area contributed by atoms with Crippen LogP contribution in [-0.2, 0) is 4.79 Å². The van der Waals surface area contributed by atoms with Gasteiger partial charge in [-0.05, 0) is 56.9 Å². The van der Waals surface area contributed by atoms with Gasteiger partial charge in [0, 0.05) is 18.6 Å². The number of hydrogen-bond acceptors (Lipinski definition) is 3. The van der Waals surface area contributed by atoms with E-state index in [1.165, 1.54) is 32.4 Å². The molecule has 0 bridgehead atoms. The molecule has 1 amide bonds. The Kier molecular flexibility index (Phi) is 3.80. The average molecular weight is 279 g/mol. The number of likely N-dealkylation sites (tertiary alicyclic amines) is 1. The van der Waals surface area contributed by atoms with Gasteiger partial charge in [0.1, 0.15) is 0 Å². The third kappa shape index (κ3) is 2.73. The predicted molar refractivity (Wildman–Crippen MR) is 80.2 cm³/mol. The first-order valence-corrected chi connectivity index (χ1v) is 8.32. The molecule has 0 spiro atoms. The summed E-state index contributed by atoms with van der Waals surface area (Å²) < 4.78 is 0. The minimum absolute atomic E-state index is 0.133. The lowest BCUT2D eigenvalue weighted by Crippen LogP contribution is -2.55. The number of nitrogens with one attached hydrogen (secondary N) is 1. The molecule has 3 unspecified atom stereocenters. The van der Waals surface area contributed by atoms with Crippen molar-refractivity contribution in [2.75, 3.05) is 13.1 Å². The Balaban J connectivity index is 1.61. The van der Waals surface area contributed by atoms with Gasteiger partial charge in [-0.1, -0.05) is 13.8 Å². The van der Waals surface area contributed by atoms with Gasteiger partial charge in [-0.2, -0.15) is 0 Å². The molecule has 3 atom stereocenters. The van der Waals surface area contributed by atoms with Crippen molar-refractivity contribution in [3.8, 4) is 0 Å². The quantitative estimate of drug-likeness (QED) is 0.801. The third-order valence-electron chi connectivity index (χ3n) is 5.73. The maximum absolute atomic E-state index is 12.0. The lowest BCUT2D eigenvalue weighted by molar-refractivity contribution is -0.124. The van der Waals surface area contributed by atoms with E-state index in [2.05, 4.69) is 24.1 Å². The summed E-state index contributed by atoms with van der Waals surface area (Å²) >= 11 is 0. The summed E-state index contributed by atoms with van der Waals surface area (Å²) in [6.07, 6.45) is 6.69. The topological polar surface area (TPSA) is 58.4 Å². The molecular weight excluding hydrogens is 250 g/mol. The molecule has 3 rings (SSSR count). The fourth-order valence-corrected chi connectivity index (χ4v) is 4.07. The monoisotopic (exact) mass is 279 g/mol. The van der Waals surface area contributed by atoms with Gasteiger partial charge in [-0.3, -0.25) is 4.79 Å². The second kappa shape index (κ2) is 5.30. The Morgan fingerprint density at radius 3 is 2.60 bits per heavy atom. The molecule has 1 aliphatic heterocycles. The summed E-state index contributed by atoms with van der Waals surface area (Å²) in [4.78, 5) is 14.6. The SMILES string of the molecule is CC(C)C1CCN(C2CCC(NC3CC3)(C(N)=O)C2)C1. The number of primary amides is 1. The third-order valence-corrected chi connectivity index (χ3v) is 5.73. The zero-order valence-corrected chi connectivity index (χ0v) is 12.9. The molecule has 2 saturated carbocycles. The molecule has 4 heteroatoms. The Hall–Kier alpha value is -0.610. The number of amides is 1. The molecule has 0 aromatic heterocycles. The normalized spacial score (nSPS) is 38.8. The number of hydrogen-bond donors (Lipinski definition) is 2. The standard InChI is InChI=1S/C16H29N3O/c1-11(2)12-6-8-19(10-12)14-5-7-16(9-14,15(17)20)18-13-3-4-13/h11-14,18H,3-10H2,1-2H3,(H2,17,20). The lowest BCUT2D eigenvalue weighted by Gasteiger charge is -2.30. The molecule has 3 aliphatic rings. The van der Waals surface area contributed by atoms with Gasteiger partial charge >= 0.3 is 0 Å². The molecule has 20 heavy (non-hydrogen) atoms. The van der Waals surface area contributed by atoms with Gasteiger partial charge < -0.3 is 16.0 Å². The fourth-order valence-electron chi connectivity index (χ4n) is 4.07. The van der Waals surface area contributed by atoms with Crippen LogP contribution in [0.2, 0.25) is 0 Å². The van der Waals surface area contributed by atoms with E-state index in [0.29, 0.717) is 12.1 Å². The molecule has 4 nitrogen and oxygen atoms in total. The largest absolute Gasteiger partial charge is 0.368 e. The Morgan fingerprint density at radius 1 is 1.30 bits per heavy atom. The predicted octanol–water partition coefficient (Wildman–Crippen LogP) is 1.49. The van der Waals surface area contributed by atoms with Gasteiger partial charge in [-0.25, -0.2) is 0 Å². The van der Waals surface area contributed by atoms with Crippen LogP contribution in [0.4, 0.5) is 0 Å². The smallest absolute Gasteiger partial charge is 0.237 e. The highest BCUT2D eigenvalue weighted by Crippen LogP contribution is 2.38. The zero-order chi connectivity index (χ0) is 14.3. The second-order valence-corrected chi connectivity index (χ2v) is 7.55. The summed E-state index contributed by atoms with van der Waals surface area (Å²) in [5.74, 6) is 1.47. The van der Waals surface area contributed by atoms with Gasteiger partial charge in [0.25, 0.3) is 0 Å². The van der Waals surface area contributed by atoms with Crippen molar-refractivity contribution < 1.29 is 4.79 Å². The van der Waals surface area contributed by atoms with Gasteiger partial charge in [0.2, 0.25) is 5.91 Å². The van der Waals surface area contributed by atoms with E-state index in [0.717, 1.165) is 31.1 Å². The lowest BCUT2D eigenvalue weighted by atomic mass is 9.95. The molecule has 0 radical (unpaired) electrons. The van der Waals surface area contributed by atoms with Crippen LogP contribution in [-0.4, -0.2) is 41.5 Å². The van der Waals surface area contributed by atoms with E-state index in [4.69, 9.17) is 5.73 Å². The van der Waals surface area contributed by atoms with E-state index < -0.39 is 5.54 Å². The van der Waals surface area contributed by atoms with Gasteiger partial charge in [-0.15, -0.1) is 0 Å². The van der Waals surface area contributed by atoms with Crippen LogP contribution in [0.1, 0.15) is 52.4 Å². The van der Waals surface area contributed by atoms with Crippen LogP contribution in [0.25, 0.3) is 0 Å². The first-order valence-electron chi connectivity index (χ1n) is 8.32. The van der Waals surface area contributed by atoms with Crippen molar-refractivity contribution >= 4 is 5.91 Å². The molecule has 1 heterocycles. The summed E-state index contributed by atoms with van der Waals surface area (Å²) in [5, 5.41) is 3.55. The highest BCUT2D eigenvalue weighted by atomic mass is 16.1. The van der Waals surface area contributed by atoms with Crippen LogP contribution in [0.5, 0.6) is 0 Å². The number of rotatable bonds is 5. The molecule has 3 fully saturated rings. The van der Waals surface area contributed by atoms with Crippen molar-refractivity contribution in [1.29, 1.82) is 0 Å². The fraction of sp³-hybridized carbons (Fsp3) is 0.938. The van der Waals surface area contributed by atoms with Crippen molar-refractivity contribution in [3.63, 3.8) is 0 Å². The Bertz CT molecular complexity index is 380. The summed E-state index contributed by atoms with van der Waals surface area (Å²) in [6, 6.07) is 1.10. The van der Waals surface area contributed by atoms with E-state index in [9.17, 15) is 4.79 Å². The minimum atomic E-state index is -0.415. The van der Waals surface area contributed by atoms with E-state index in [1.54, 1.807) is 0 Å². The summed E-state index contributed by atoms with van der Waals surface area (Å²) in [5.41, 5.74) is 5.31. The van der Waals surface area contributed by atoms with Crippen molar-refractivity contribution in [3.05, 3.63) is 0 Å². The molecule has 3 N–H and O–H groups in total. The second-order valence-electron chi connectivity index (χ2n) is 7.55. The van der Waals surface area contributed by atoms with Crippen molar-refractivity contribution in [2.45, 2.75) is 70.0 Å². The number of nitrogens with two attached hydrogens (primary N) is 1. The summed E-state index contributed by atoms with van der Waals surface area (Å²) in [7, 11) is 0. The van der Waals surface area contributed by atoms with Crippen LogP contribution in [0, 0.1) is 11.8 Å². The van der Waals surface area contributed by atoms with Crippen molar-refractivity contribution in [1.82, 2.24) is 10.2 Å². The first-order chi connectivity index (χ1) is 9.50. The molecule has 114 valence electrons. The Labute approximate surface area is 122 Å². The molecular formula is C16H29N3O. The van der Waals surface area contributed by atoms with Crippen LogP contribution >= 0.6 is 0 Å². The molecule has 1 saturated heterocycles. The maximum Gasteiger partial charge on any atom is 0.237 e. The maximum atomic E-state index is 12.0. The average Bonchev–Trinajstić information content (AvgIpc) is 2.92. The number of nitrogens with zero attached hydrogens (tertiary/aromatic N) is 1. The number of carbonyl (C=O) groups excluding carboxylic acids is 1. The first kappa shape index (κ1) is 14.3. The van der Waals surface area contributed by atoms with Crippen LogP contribution in [0.15, 0.2) is 0 Å². The van der Waals surface area contributed by atoms with E-state index in [-0.39, 0.29) is 5.91 Å². The Morgan fingerprint density at radius 2 is 2.05 bits per heavy atom. The van der Waals surface area contributed by atoms with Gasteiger partial charge in [0.05, 0.1) is 5.54 Å². The highest BCUT2D eigenvalue weighted by molar-refractivity contribution is 5.85. The molecule has 0 aromatic carbocycles. The van der Waals surface area contributed by atoms with Crippen LogP contribution < -0.4 is 11.1 Å². The van der Waals surface area contributed by atoms with Crippen molar-refractivity contribution in [2.24, 2.45) is 17.6 Å². The van der Waals surface area contributed by atoms with E-state index >= 15 is 0 Å². The zero-order valence-electron chi connectivity index (χ0n) is 12.9. The van der Waals surface area contributed by atoms with E-state index in [1.807, 2.05) is 0 Å². The van der Waals surface area contributed by atoms with Crippen LogP contribution in [0.3, 0.4) is 0 Å². The number of carbonyl (C=O) groups is 1. The summed E-state index contributed by atoms with van der Waals surface area (Å²) in [6.45, 7) is 7.06. The molecule has 0 aromatic rings. The van der Waals surface area contributed by atoms with Gasteiger partial charge in [0.15, 0.2) is 0 Å². The molecule has 2 aliphatic carbocycles. The minimum Gasteiger partial charge on any atom is -0.368 e.